The number of hydrogen-bond donors (Lipinski definition) is 0. The maximum atomic E-state index is 12.6. The maximum absolute atomic E-state index is 12.6. The molecule has 1 amide bonds. The van der Waals surface area contributed by atoms with Gasteiger partial charge in [0.2, 0.25) is 0 Å². The molecule has 0 aromatic heterocycles. The van der Waals surface area contributed by atoms with Crippen molar-refractivity contribution in [2.45, 2.75) is 33.7 Å². The molecule has 0 aliphatic heterocycles. The molecule has 0 unspecified atom stereocenters. The van der Waals surface area contributed by atoms with Crippen molar-refractivity contribution >= 4 is 27.5 Å². The Morgan fingerprint density at radius 2 is 1.95 bits per heavy atom. The van der Waals surface area contributed by atoms with Crippen molar-refractivity contribution in [3.05, 3.63) is 38.3 Å². The first kappa shape index (κ1) is 16.6. The molecule has 1 aromatic carbocycles. The van der Waals surface area contributed by atoms with E-state index >= 15 is 0 Å². The second-order valence-corrected chi connectivity index (χ2v) is 6.13. The topological polar surface area (TPSA) is 63.5 Å². The smallest absolute Gasteiger partial charge is 0.284 e. The quantitative estimate of drug-likeness (QED) is 0.602. The predicted octanol–water partition coefficient (Wildman–Crippen LogP) is 3.86. The Balaban J connectivity index is 3.19. The number of carbonyl (C=O) groups excluding carboxylic acids is 1. The second-order valence-electron chi connectivity index (χ2n) is 5.34. The molecular formula is C14H19BrN2O3. The van der Waals surface area contributed by atoms with Gasteiger partial charge >= 0.3 is 0 Å². The third-order valence-corrected chi connectivity index (χ3v) is 3.68. The van der Waals surface area contributed by atoms with Gasteiger partial charge in [0.05, 0.1) is 10.5 Å². The number of halogens is 1. The van der Waals surface area contributed by atoms with Crippen LogP contribution in [0, 0.1) is 16.0 Å². The normalized spacial score (nSPS) is 10.9. The zero-order chi connectivity index (χ0) is 15.4. The van der Waals surface area contributed by atoms with Gasteiger partial charge in [-0.05, 0) is 41.8 Å². The molecule has 0 saturated carbocycles. The molecule has 0 heterocycles. The standard InChI is InChI=1S/C14H19BrN2O3/c1-9(2)8-16(10(3)4)14(18)11-6-5-7-12(13(11)15)17(19)20/h5-7,9-10H,8H2,1-4H3. The fraction of sp³-hybridized carbons (Fsp3) is 0.500. The highest BCUT2D eigenvalue weighted by molar-refractivity contribution is 9.10. The van der Waals surface area contributed by atoms with Crippen molar-refractivity contribution in [1.82, 2.24) is 4.90 Å². The molecule has 0 atom stereocenters. The van der Waals surface area contributed by atoms with Gasteiger partial charge in [0.15, 0.2) is 0 Å². The SMILES string of the molecule is CC(C)CN(C(=O)c1cccc([N+](=O)[O-])c1Br)C(C)C. The summed E-state index contributed by atoms with van der Waals surface area (Å²) in [6.07, 6.45) is 0. The van der Waals surface area contributed by atoms with E-state index in [1.54, 1.807) is 11.0 Å². The summed E-state index contributed by atoms with van der Waals surface area (Å²) in [5.74, 6) is 0.142. The fourth-order valence-electron chi connectivity index (χ4n) is 1.90. The molecule has 0 radical (unpaired) electrons. The Bertz CT molecular complexity index is 515. The van der Waals surface area contributed by atoms with Gasteiger partial charge in [0, 0.05) is 18.7 Å². The van der Waals surface area contributed by atoms with Crippen molar-refractivity contribution in [2.24, 2.45) is 5.92 Å². The van der Waals surface area contributed by atoms with Crippen LogP contribution < -0.4 is 0 Å². The predicted molar refractivity (Wildman–Crippen MR) is 81.8 cm³/mol. The number of nitro groups is 1. The third kappa shape index (κ3) is 3.79. The minimum Gasteiger partial charge on any atom is -0.336 e. The van der Waals surface area contributed by atoms with Crippen LogP contribution in [0.4, 0.5) is 5.69 Å². The van der Waals surface area contributed by atoms with Crippen molar-refractivity contribution in [3.63, 3.8) is 0 Å². The highest BCUT2D eigenvalue weighted by Crippen LogP contribution is 2.29. The molecule has 1 aromatic rings. The number of rotatable bonds is 5. The number of carbonyl (C=O) groups is 1. The van der Waals surface area contributed by atoms with Gasteiger partial charge in [-0.1, -0.05) is 19.9 Å². The van der Waals surface area contributed by atoms with Crippen LogP contribution in [0.2, 0.25) is 0 Å². The van der Waals surface area contributed by atoms with Crippen molar-refractivity contribution in [1.29, 1.82) is 0 Å². The monoisotopic (exact) mass is 342 g/mol. The second kappa shape index (κ2) is 6.83. The van der Waals surface area contributed by atoms with Gasteiger partial charge in [-0.2, -0.15) is 0 Å². The zero-order valence-electron chi connectivity index (χ0n) is 12.1. The Kier molecular flexibility index (Phi) is 5.68. The van der Waals surface area contributed by atoms with E-state index in [0.29, 0.717) is 18.0 Å². The number of amides is 1. The van der Waals surface area contributed by atoms with Crippen LogP contribution in [0.15, 0.2) is 22.7 Å². The first-order valence-electron chi connectivity index (χ1n) is 6.49. The molecule has 0 aliphatic carbocycles. The molecule has 0 spiro atoms. The van der Waals surface area contributed by atoms with Gasteiger partial charge in [-0.3, -0.25) is 14.9 Å². The number of benzene rings is 1. The van der Waals surface area contributed by atoms with Gasteiger partial charge in [-0.15, -0.1) is 0 Å². The van der Waals surface area contributed by atoms with Gasteiger partial charge in [-0.25, -0.2) is 0 Å². The summed E-state index contributed by atoms with van der Waals surface area (Å²) in [6, 6.07) is 4.55. The van der Waals surface area contributed by atoms with E-state index in [4.69, 9.17) is 0 Å². The number of nitrogens with zero attached hydrogens (tertiary/aromatic N) is 2. The Hall–Kier alpha value is -1.43. The van der Waals surface area contributed by atoms with Crippen LogP contribution in [0.1, 0.15) is 38.1 Å². The molecular weight excluding hydrogens is 324 g/mol. The van der Waals surface area contributed by atoms with Gasteiger partial charge in [0.1, 0.15) is 4.47 Å². The van der Waals surface area contributed by atoms with Crippen LogP contribution in [0.25, 0.3) is 0 Å². The Labute approximate surface area is 127 Å². The first-order valence-corrected chi connectivity index (χ1v) is 7.28. The minimum atomic E-state index is -0.497. The van der Waals surface area contributed by atoms with Gasteiger partial charge in [0.25, 0.3) is 11.6 Å². The third-order valence-electron chi connectivity index (χ3n) is 2.85. The lowest BCUT2D eigenvalue weighted by Crippen LogP contribution is -2.39. The lowest BCUT2D eigenvalue weighted by atomic mass is 10.1. The summed E-state index contributed by atoms with van der Waals surface area (Å²) >= 11 is 3.18. The summed E-state index contributed by atoms with van der Waals surface area (Å²) in [6.45, 7) is 8.55. The highest BCUT2D eigenvalue weighted by Gasteiger charge is 2.25. The summed E-state index contributed by atoms with van der Waals surface area (Å²) in [4.78, 5) is 24.8. The van der Waals surface area contributed by atoms with Crippen molar-refractivity contribution < 1.29 is 9.72 Å². The lowest BCUT2D eigenvalue weighted by molar-refractivity contribution is -0.385. The van der Waals surface area contributed by atoms with E-state index in [9.17, 15) is 14.9 Å². The van der Waals surface area contributed by atoms with E-state index in [2.05, 4.69) is 15.9 Å². The fourth-order valence-corrected chi connectivity index (χ4v) is 2.48. The molecule has 5 nitrogen and oxygen atoms in total. The lowest BCUT2D eigenvalue weighted by Gasteiger charge is -2.28. The molecule has 0 bridgehead atoms. The summed E-state index contributed by atoms with van der Waals surface area (Å²) in [5, 5.41) is 10.9. The van der Waals surface area contributed by atoms with E-state index in [1.165, 1.54) is 12.1 Å². The van der Waals surface area contributed by atoms with Crippen molar-refractivity contribution in [3.8, 4) is 0 Å². The average molecular weight is 343 g/mol. The highest BCUT2D eigenvalue weighted by atomic mass is 79.9. The summed E-state index contributed by atoms with van der Waals surface area (Å²) < 4.78 is 0.240. The largest absolute Gasteiger partial charge is 0.336 e. The van der Waals surface area contributed by atoms with E-state index < -0.39 is 4.92 Å². The Morgan fingerprint density at radius 3 is 2.40 bits per heavy atom. The summed E-state index contributed by atoms with van der Waals surface area (Å²) in [7, 11) is 0. The number of nitro benzene ring substituents is 1. The zero-order valence-corrected chi connectivity index (χ0v) is 13.7. The molecule has 0 saturated heterocycles. The van der Waals surface area contributed by atoms with Crippen molar-refractivity contribution in [2.75, 3.05) is 6.54 Å². The van der Waals surface area contributed by atoms with Crippen LogP contribution in [-0.2, 0) is 0 Å². The molecule has 20 heavy (non-hydrogen) atoms. The number of hydrogen-bond acceptors (Lipinski definition) is 3. The van der Waals surface area contributed by atoms with Crippen LogP contribution >= 0.6 is 15.9 Å². The average Bonchev–Trinajstić information content (AvgIpc) is 2.34. The summed E-state index contributed by atoms with van der Waals surface area (Å²) in [5.41, 5.74) is 0.234. The molecule has 6 heteroatoms. The van der Waals surface area contributed by atoms with Crippen LogP contribution in [0.5, 0.6) is 0 Å². The van der Waals surface area contributed by atoms with Gasteiger partial charge < -0.3 is 4.90 Å². The molecule has 110 valence electrons. The van der Waals surface area contributed by atoms with Crippen LogP contribution in [-0.4, -0.2) is 28.3 Å². The molecule has 0 fully saturated rings. The molecule has 1 rings (SSSR count). The minimum absolute atomic E-state index is 0.0380. The molecule has 0 N–H and O–H groups in total. The first-order chi connectivity index (χ1) is 9.25. The Morgan fingerprint density at radius 1 is 1.35 bits per heavy atom. The van der Waals surface area contributed by atoms with E-state index in [1.807, 2.05) is 27.7 Å². The van der Waals surface area contributed by atoms with E-state index in [0.717, 1.165) is 0 Å². The van der Waals surface area contributed by atoms with Crippen LogP contribution in [0.3, 0.4) is 0 Å². The maximum Gasteiger partial charge on any atom is 0.284 e. The molecule has 0 aliphatic rings. The van der Waals surface area contributed by atoms with E-state index in [-0.39, 0.29) is 22.1 Å².